The molecule has 1 aromatic heterocycles. The topological polar surface area (TPSA) is 191 Å². The van der Waals surface area contributed by atoms with Gasteiger partial charge in [-0.1, -0.05) is 12.1 Å². The fraction of sp³-hybridized carbons (Fsp3) is 0.152. The number of azo groups is 1. The number of anilines is 2. The summed E-state index contributed by atoms with van der Waals surface area (Å²) in [5.74, 6) is -1.21. The molecule has 6 rings (SSSR count). The summed E-state index contributed by atoms with van der Waals surface area (Å²) in [5.41, 5.74) is -1.11. The molecule has 20 heteroatoms. The maximum atomic E-state index is 13.8. The number of hydrogen-bond acceptors (Lipinski definition) is 14. The zero-order valence-corrected chi connectivity index (χ0v) is 28.6. The Morgan fingerprint density at radius 2 is 1.36 bits per heavy atom. The minimum absolute atomic E-state index is 0.0646. The van der Waals surface area contributed by atoms with Crippen LogP contribution in [0.5, 0.6) is 0 Å². The number of hydrogen-bond donors (Lipinski definition) is 1. The van der Waals surface area contributed by atoms with E-state index in [1.807, 2.05) is 4.90 Å². The number of carbonyl (C=O) groups excluding carboxylic acids is 1. The summed E-state index contributed by atoms with van der Waals surface area (Å²) in [4.78, 5) is 50.7. The zero-order valence-electron chi connectivity index (χ0n) is 27.0. The smallest absolute Gasteiger partial charge is 0.378 e. The van der Waals surface area contributed by atoms with Gasteiger partial charge in [-0.3, -0.25) is 25.0 Å². The monoisotopic (exact) mass is 763 g/mol. The van der Waals surface area contributed by atoms with Crippen LogP contribution in [-0.2, 0) is 10.9 Å². The van der Waals surface area contributed by atoms with Gasteiger partial charge >= 0.3 is 6.18 Å². The first-order valence-electron chi connectivity index (χ1n) is 15.4. The van der Waals surface area contributed by atoms with Gasteiger partial charge in [0.25, 0.3) is 23.2 Å². The number of morpholine rings is 1. The molecular formula is C33H24F3N9O6S2. The van der Waals surface area contributed by atoms with E-state index in [1.54, 1.807) is 18.2 Å². The average Bonchev–Trinajstić information content (AvgIpc) is 3.14. The Hall–Kier alpha value is -5.99. The van der Waals surface area contributed by atoms with Crippen molar-refractivity contribution in [2.24, 2.45) is 10.2 Å². The molecule has 0 unspecified atom stereocenters. The van der Waals surface area contributed by atoms with Gasteiger partial charge in [0.2, 0.25) is 0 Å². The number of nitrogens with one attached hydrogen (secondary N) is 1. The number of rotatable bonds is 11. The Balaban J connectivity index is 1.35. The highest BCUT2D eigenvalue weighted by molar-refractivity contribution is 7.99. The third-order valence-corrected chi connectivity index (χ3v) is 9.17. The van der Waals surface area contributed by atoms with Crippen LogP contribution in [-0.4, -0.2) is 57.0 Å². The fourth-order valence-corrected chi connectivity index (χ4v) is 6.44. The molecule has 0 bridgehead atoms. The van der Waals surface area contributed by atoms with Gasteiger partial charge in [-0.25, -0.2) is 0 Å². The third kappa shape index (κ3) is 9.47. The number of alkyl halides is 3. The largest absolute Gasteiger partial charge is 0.417 e. The second kappa shape index (κ2) is 16.1. The van der Waals surface area contributed by atoms with Crippen molar-refractivity contribution in [3.8, 4) is 0 Å². The van der Waals surface area contributed by atoms with Crippen LogP contribution in [0.3, 0.4) is 0 Å². The van der Waals surface area contributed by atoms with Crippen LogP contribution in [0, 0.1) is 20.2 Å². The quantitative estimate of drug-likeness (QED) is 0.0767. The maximum Gasteiger partial charge on any atom is 0.417 e. The van der Waals surface area contributed by atoms with E-state index in [4.69, 9.17) is 4.74 Å². The zero-order chi connectivity index (χ0) is 37.5. The summed E-state index contributed by atoms with van der Waals surface area (Å²) in [6.07, 6.45) is -4.78. The predicted octanol–water partition coefficient (Wildman–Crippen LogP) is 8.51. The number of amides is 1. The number of non-ortho nitro benzene ring substituents is 2. The number of aromatic nitrogens is 3. The molecular weight excluding hydrogens is 740 g/mol. The lowest BCUT2D eigenvalue weighted by Gasteiger charge is -2.29. The van der Waals surface area contributed by atoms with Crippen LogP contribution in [0.4, 0.5) is 47.6 Å². The normalized spacial score (nSPS) is 13.2. The number of halogens is 3. The van der Waals surface area contributed by atoms with Crippen molar-refractivity contribution < 1.29 is 32.5 Å². The van der Waals surface area contributed by atoms with Crippen molar-refractivity contribution >= 4 is 63.8 Å². The van der Waals surface area contributed by atoms with Crippen LogP contribution in [0.15, 0.2) is 121 Å². The van der Waals surface area contributed by atoms with Gasteiger partial charge in [-0.15, -0.1) is 10.2 Å². The molecule has 0 spiro atoms. The number of benzene rings is 4. The lowest BCUT2D eigenvalue weighted by atomic mass is 10.1. The Kier molecular flexibility index (Phi) is 11.2. The molecule has 5 aromatic rings. The number of carbonyl (C=O) groups is 1. The van der Waals surface area contributed by atoms with Crippen LogP contribution in [0.25, 0.3) is 0 Å². The van der Waals surface area contributed by atoms with Gasteiger partial charge in [0.05, 0.1) is 39.9 Å². The Labute approximate surface area is 306 Å². The second-order valence-corrected chi connectivity index (χ2v) is 13.0. The Morgan fingerprint density at radius 1 is 0.792 bits per heavy atom. The first kappa shape index (κ1) is 36.8. The number of nitrogens with zero attached hydrogens (tertiary/aromatic N) is 8. The van der Waals surface area contributed by atoms with E-state index < -0.39 is 33.1 Å². The molecule has 270 valence electrons. The standard InChI is InChI=1S/C33H24F3N9O6S2/c34-33(35,36)26-4-2-1-3-25(26)29(46)37-28-19-22(43-15-17-51-18-16-43)9-14-27(28)41-42-30-38-31(52-23-10-5-20(6-11-23)44(47)48)40-32(39-30)53-24-12-7-21(8-13-24)45(49)50/h1-14,19H,15-18H2,(H,37,46). The van der Waals surface area contributed by atoms with Crippen LogP contribution < -0.4 is 10.2 Å². The van der Waals surface area contributed by atoms with E-state index >= 15 is 0 Å². The van der Waals surface area contributed by atoms with Crippen LogP contribution >= 0.6 is 23.5 Å². The molecule has 0 saturated carbocycles. The van der Waals surface area contributed by atoms with Gasteiger partial charge in [-0.05, 0) is 78.1 Å². The first-order chi connectivity index (χ1) is 25.4. The van der Waals surface area contributed by atoms with Crippen LogP contribution in [0.2, 0.25) is 0 Å². The molecule has 0 aliphatic carbocycles. The number of nitro groups is 2. The molecule has 0 radical (unpaired) electrons. The summed E-state index contributed by atoms with van der Waals surface area (Å²) in [6.45, 7) is 2.00. The highest BCUT2D eigenvalue weighted by Gasteiger charge is 2.35. The molecule has 1 N–H and O–H groups in total. The lowest BCUT2D eigenvalue weighted by molar-refractivity contribution is -0.385. The van der Waals surface area contributed by atoms with Crippen molar-refractivity contribution in [3.05, 3.63) is 122 Å². The van der Waals surface area contributed by atoms with Gasteiger partial charge in [0, 0.05) is 52.8 Å². The summed E-state index contributed by atoms with van der Waals surface area (Å²) in [6, 6.07) is 20.6. The second-order valence-electron chi connectivity index (χ2n) is 10.9. The maximum absolute atomic E-state index is 13.8. The van der Waals surface area contributed by atoms with E-state index in [9.17, 15) is 38.2 Å². The minimum atomic E-state index is -4.78. The molecule has 53 heavy (non-hydrogen) atoms. The summed E-state index contributed by atoms with van der Waals surface area (Å²) in [5, 5.41) is 33.5. The van der Waals surface area contributed by atoms with E-state index in [2.05, 4.69) is 30.5 Å². The van der Waals surface area contributed by atoms with E-state index in [-0.39, 0.29) is 39.0 Å². The van der Waals surface area contributed by atoms with E-state index in [0.717, 1.165) is 35.7 Å². The highest BCUT2D eigenvalue weighted by atomic mass is 32.2. The average molecular weight is 764 g/mol. The van der Waals surface area contributed by atoms with Gasteiger partial charge in [0.15, 0.2) is 10.3 Å². The summed E-state index contributed by atoms with van der Waals surface area (Å²) in [7, 11) is 0. The SMILES string of the molecule is O=C(Nc1cc(N2CCOCC2)ccc1N=Nc1nc(Sc2ccc([N+](=O)[O-])cc2)nc(Sc2ccc([N+](=O)[O-])cc2)n1)c1ccccc1C(F)(F)F. The Bertz CT molecular complexity index is 2110. The molecule has 1 aliphatic heterocycles. The van der Waals surface area contributed by atoms with E-state index in [0.29, 0.717) is 41.8 Å². The van der Waals surface area contributed by atoms with Gasteiger partial charge in [0.1, 0.15) is 5.69 Å². The van der Waals surface area contributed by atoms with Crippen molar-refractivity contribution in [1.29, 1.82) is 0 Å². The van der Waals surface area contributed by atoms with Crippen molar-refractivity contribution in [2.75, 3.05) is 36.5 Å². The van der Waals surface area contributed by atoms with Crippen molar-refractivity contribution in [3.63, 3.8) is 0 Å². The third-order valence-electron chi connectivity index (χ3n) is 7.42. The summed E-state index contributed by atoms with van der Waals surface area (Å²) >= 11 is 2.10. The van der Waals surface area contributed by atoms with Gasteiger partial charge < -0.3 is 15.0 Å². The molecule has 1 amide bonds. The summed E-state index contributed by atoms with van der Waals surface area (Å²) < 4.78 is 46.7. The molecule has 1 aliphatic rings. The van der Waals surface area contributed by atoms with Gasteiger partial charge in [-0.2, -0.15) is 28.1 Å². The van der Waals surface area contributed by atoms with Crippen molar-refractivity contribution in [1.82, 2.24) is 15.0 Å². The molecule has 15 nitrogen and oxygen atoms in total. The van der Waals surface area contributed by atoms with Crippen LogP contribution in [0.1, 0.15) is 15.9 Å². The lowest BCUT2D eigenvalue weighted by Crippen LogP contribution is -2.36. The molecule has 4 aromatic carbocycles. The fourth-order valence-electron chi connectivity index (χ4n) is 4.89. The molecule has 1 saturated heterocycles. The predicted molar refractivity (Wildman–Crippen MR) is 187 cm³/mol. The molecule has 0 atom stereocenters. The van der Waals surface area contributed by atoms with Crippen molar-refractivity contribution in [2.45, 2.75) is 26.3 Å². The number of nitro benzene ring substituents is 2. The highest BCUT2D eigenvalue weighted by Crippen LogP contribution is 2.36. The first-order valence-corrected chi connectivity index (χ1v) is 17.0. The molecule has 2 heterocycles. The number of ether oxygens (including phenoxy) is 1. The molecule has 1 fully saturated rings. The van der Waals surface area contributed by atoms with E-state index in [1.165, 1.54) is 60.7 Å². The Morgan fingerprint density at radius 3 is 1.91 bits per heavy atom. The minimum Gasteiger partial charge on any atom is -0.378 e.